The van der Waals surface area contributed by atoms with Crippen LogP contribution in [-0.4, -0.2) is 29.4 Å². The van der Waals surface area contributed by atoms with Crippen molar-refractivity contribution >= 4 is 27.7 Å². The van der Waals surface area contributed by atoms with E-state index in [9.17, 15) is 4.79 Å². The van der Waals surface area contributed by atoms with Gasteiger partial charge >= 0.3 is 0 Å². The van der Waals surface area contributed by atoms with Crippen LogP contribution in [0.3, 0.4) is 0 Å². The zero-order valence-electron chi connectivity index (χ0n) is 9.11. The third kappa shape index (κ3) is 2.19. The number of likely N-dealkylation sites (N-methyl/N-ethyl adjacent to an activating group) is 1. The molecule has 1 saturated heterocycles. The predicted octanol–water partition coefficient (Wildman–Crippen LogP) is 1.76. The van der Waals surface area contributed by atoms with Crippen LogP contribution in [0.2, 0.25) is 0 Å². The largest absolute Gasteiger partial charge is 0.383 e. The van der Waals surface area contributed by atoms with E-state index in [2.05, 4.69) is 20.9 Å². The number of carbonyl (C=O) groups is 1. The van der Waals surface area contributed by atoms with Gasteiger partial charge in [-0.05, 0) is 34.0 Å². The number of hydrogen-bond donors (Lipinski definition) is 1. The van der Waals surface area contributed by atoms with Gasteiger partial charge in [-0.2, -0.15) is 0 Å². The molecular weight excluding hydrogens is 270 g/mol. The molecule has 5 heteroatoms. The molecule has 0 radical (unpaired) electrons. The first-order valence-electron chi connectivity index (χ1n) is 5.23. The molecule has 1 atom stereocenters. The molecule has 1 amide bonds. The summed E-state index contributed by atoms with van der Waals surface area (Å²) in [6, 6.07) is 2.00. The van der Waals surface area contributed by atoms with E-state index in [1.165, 1.54) is 0 Å². The molecule has 1 aliphatic heterocycles. The number of carbonyl (C=O) groups excluding carboxylic acids is 1. The highest BCUT2D eigenvalue weighted by molar-refractivity contribution is 9.10. The first-order valence-corrected chi connectivity index (χ1v) is 6.02. The zero-order valence-corrected chi connectivity index (χ0v) is 10.7. The quantitative estimate of drug-likeness (QED) is 0.855. The molecule has 1 aromatic heterocycles. The highest BCUT2D eigenvalue weighted by Gasteiger charge is 2.24. The summed E-state index contributed by atoms with van der Waals surface area (Å²) < 4.78 is 0.824. The van der Waals surface area contributed by atoms with Crippen molar-refractivity contribution < 1.29 is 4.79 Å². The fourth-order valence-electron chi connectivity index (χ4n) is 1.97. The number of nitrogen functional groups attached to an aromatic ring is 1. The molecule has 0 aromatic carbocycles. The summed E-state index contributed by atoms with van der Waals surface area (Å²) in [5.74, 6) is 1.09. The van der Waals surface area contributed by atoms with Gasteiger partial charge in [-0.25, -0.2) is 4.98 Å². The predicted molar refractivity (Wildman–Crippen MR) is 66.0 cm³/mol. The van der Waals surface area contributed by atoms with Crippen molar-refractivity contribution in [3.05, 3.63) is 22.3 Å². The Hall–Kier alpha value is -1.10. The number of aromatic nitrogens is 1. The summed E-state index contributed by atoms with van der Waals surface area (Å²) >= 11 is 3.37. The van der Waals surface area contributed by atoms with Crippen LogP contribution in [0.25, 0.3) is 0 Å². The summed E-state index contributed by atoms with van der Waals surface area (Å²) in [5, 5.41) is 0. The molecule has 4 nitrogen and oxygen atoms in total. The topological polar surface area (TPSA) is 59.2 Å². The van der Waals surface area contributed by atoms with E-state index in [-0.39, 0.29) is 5.91 Å². The van der Waals surface area contributed by atoms with Gasteiger partial charge in [0.1, 0.15) is 5.82 Å². The third-order valence-corrected chi connectivity index (χ3v) is 3.62. The molecule has 1 aromatic rings. The van der Waals surface area contributed by atoms with Crippen LogP contribution in [0.5, 0.6) is 0 Å². The van der Waals surface area contributed by atoms with Gasteiger partial charge in [-0.1, -0.05) is 0 Å². The van der Waals surface area contributed by atoms with Crippen LogP contribution in [0.4, 0.5) is 5.82 Å². The highest BCUT2D eigenvalue weighted by atomic mass is 79.9. The maximum atomic E-state index is 11.4. The zero-order chi connectivity index (χ0) is 11.7. The lowest BCUT2D eigenvalue weighted by atomic mass is 9.92. The summed E-state index contributed by atoms with van der Waals surface area (Å²) in [6.07, 6.45) is 3.30. The highest BCUT2D eigenvalue weighted by Crippen LogP contribution is 2.29. The molecule has 16 heavy (non-hydrogen) atoms. The van der Waals surface area contributed by atoms with E-state index in [1.54, 1.807) is 11.1 Å². The Balaban J connectivity index is 2.18. The molecule has 0 spiro atoms. The number of nitrogens with two attached hydrogens (primary N) is 1. The number of halogens is 1. The summed E-state index contributed by atoms with van der Waals surface area (Å²) in [7, 11) is 1.84. The SMILES string of the molecule is CN1C[C@@H](c2cnc(N)c(Br)c2)CCC1=O. The minimum Gasteiger partial charge on any atom is -0.383 e. The second-order valence-electron chi connectivity index (χ2n) is 4.15. The Morgan fingerprint density at radius 3 is 3.00 bits per heavy atom. The number of likely N-dealkylation sites (tertiary alicyclic amines) is 1. The van der Waals surface area contributed by atoms with Crippen LogP contribution < -0.4 is 5.73 Å². The molecule has 1 aliphatic rings. The fourth-order valence-corrected chi connectivity index (χ4v) is 2.34. The molecule has 2 rings (SSSR count). The van der Waals surface area contributed by atoms with Crippen molar-refractivity contribution in [1.82, 2.24) is 9.88 Å². The molecule has 0 saturated carbocycles. The summed E-state index contributed by atoms with van der Waals surface area (Å²) in [6.45, 7) is 0.761. The first kappa shape index (κ1) is 11.4. The number of pyridine rings is 1. The first-order chi connectivity index (χ1) is 7.58. The molecule has 2 N–H and O–H groups in total. The van der Waals surface area contributed by atoms with E-state index in [0.29, 0.717) is 18.2 Å². The lowest BCUT2D eigenvalue weighted by Gasteiger charge is -2.29. The van der Waals surface area contributed by atoms with Crippen molar-refractivity contribution in [2.45, 2.75) is 18.8 Å². The third-order valence-electron chi connectivity index (χ3n) is 2.99. The normalized spacial score (nSPS) is 21.2. The molecule has 2 heterocycles. The lowest BCUT2D eigenvalue weighted by molar-refractivity contribution is -0.132. The minimum atomic E-state index is 0.221. The summed E-state index contributed by atoms with van der Waals surface area (Å²) in [5.41, 5.74) is 6.78. The van der Waals surface area contributed by atoms with Crippen molar-refractivity contribution in [3.63, 3.8) is 0 Å². The van der Waals surface area contributed by atoms with Crippen molar-refractivity contribution in [3.8, 4) is 0 Å². The monoisotopic (exact) mass is 283 g/mol. The second-order valence-corrected chi connectivity index (χ2v) is 5.00. The fraction of sp³-hybridized carbons (Fsp3) is 0.455. The Bertz CT molecular complexity index is 422. The van der Waals surface area contributed by atoms with E-state index in [1.807, 2.05) is 13.1 Å². The Morgan fingerprint density at radius 1 is 1.62 bits per heavy atom. The number of rotatable bonds is 1. The Labute approximate surface area is 103 Å². The minimum absolute atomic E-state index is 0.221. The van der Waals surface area contributed by atoms with E-state index in [0.717, 1.165) is 23.0 Å². The van der Waals surface area contributed by atoms with Gasteiger partial charge in [0, 0.05) is 32.1 Å². The van der Waals surface area contributed by atoms with E-state index >= 15 is 0 Å². The average Bonchev–Trinajstić information content (AvgIpc) is 2.26. The Morgan fingerprint density at radius 2 is 2.38 bits per heavy atom. The maximum Gasteiger partial charge on any atom is 0.222 e. The maximum absolute atomic E-state index is 11.4. The van der Waals surface area contributed by atoms with E-state index in [4.69, 9.17) is 5.73 Å². The second kappa shape index (κ2) is 4.41. The van der Waals surface area contributed by atoms with Gasteiger partial charge in [0.15, 0.2) is 0 Å². The number of anilines is 1. The van der Waals surface area contributed by atoms with Gasteiger partial charge in [-0.3, -0.25) is 4.79 Å². The molecular formula is C11H14BrN3O. The van der Waals surface area contributed by atoms with Gasteiger partial charge in [0.05, 0.1) is 4.47 Å². The van der Waals surface area contributed by atoms with Gasteiger partial charge in [0.2, 0.25) is 5.91 Å². The number of hydrogen-bond acceptors (Lipinski definition) is 3. The number of piperidine rings is 1. The van der Waals surface area contributed by atoms with Crippen LogP contribution in [-0.2, 0) is 4.79 Å². The van der Waals surface area contributed by atoms with Crippen LogP contribution in [0, 0.1) is 0 Å². The van der Waals surface area contributed by atoms with Gasteiger partial charge in [-0.15, -0.1) is 0 Å². The van der Waals surface area contributed by atoms with Crippen molar-refractivity contribution in [2.24, 2.45) is 0 Å². The molecule has 86 valence electrons. The summed E-state index contributed by atoms with van der Waals surface area (Å²) in [4.78, 5) is 17.3. The van der Waals surface area contributed by atoms with Gasteiger partial charge in [0.25, 0.3) is 0 Å². The molecule has 0 aliphatic carbocycles. The molecule has 0 unspecified atom stereocenters. The number of nitrogens with zero attached hydrogens (tertiary/aromatic N) is 2. The average molecular weight is 284 g/mol. The standard InChI is InChI=1S/C11H14BrN3O/c1-15-6-7(2-3-10(15)16)8-4-9(12)11(13)14-5-8/h4-5,7H,2-3,6H2,1H3,(H2,13,14)/t7-/m0/s1. The van der Waals surface area contributed by atoms with Crippen LogP contribution in [0.15, 0.2) is 16.7 Å². The smallest absolute Gasteiger partial charge is 0.222 e. The van der Waals surface area contributed by atoms with Crippen molar-refractivity contribution in [2.75, 3.05) is 19.3 Å². The number of amides is 1. The molecule has 0 bridgehead atoms. The molecule has 1 fully saturated rings. The van der Waals surface area contributed by atoms with E-state index < -0.39 is 0 Å². The van der Waals surface area contributed by atoms with Crippen LogP contribution >= 0.6 is 15.9 Å². The van der Waals surface area contributed by atoms with Crippen LogP contribution in [0.1, 0.15) is 24.3 Å². The van der Waals surface area contributed by atoms with Gasteiger partial charge < -0.3 is 10.6 Å². The Kier molecular flexibility index (Phi) is 3.14. The van der Waals surface area contributed by atoms with Crippen molar-refractivity contribution in [1.29, 1.82) is 0 Å². The lowest BCUT2D eigenvalue weighted by Crippen LogP contribution is -2.35.